The minimum Gasteiger partial charge on any atom is -0.384 e. The molecule has 0 radical (unpaired) electrons. The largest absolute Gasteiger partial charge is 0.384 e. The van der Waals surface area contributed by atoms with Crippen LogP contribution < -0.4 is 10.5 Å². The van der Waals surface area contributed by atoms with Crippen LogP contribution in [0.4, 0.5) is 11.5 Å². The molecule has 0 amide bonds. The van der Waals surface area contributed by atoms with Gasteiger partial charge < -0.3 is 5.73 Å². The molecule has 0 unspecified atom stereocenters. The first kappa shape index (κ1) is 13.4. The van der Waals surface area contributed by atoms with Gasteiger partial charge in [0.2, 0.25) is 0 Å². The second-order valence-corrected chi connectivity index (χ2v) is 6.27. The van der Waals surface area contributed by atoms with E-state index >= 15 is 0 Å². The van der Waals surface area contributed by atoms with E-state index < -0.39 is 10.0 Å². The molecule has 0 bridgehead atoms. The Morgan fingerprint density at radius 2 is 1.71 bits per heavy atom. The minimum absolute atomic E-state index is 0.0739. The Morgan fingerprint density at radius 1 is 0.952 bits per heavy atom. The molecular weight excluding hydrogens is 286 g/mol. The van der Waals surface area contributed by atoms with Crippen molar-refractivity contribution < 1.29 is 8.42 Å². The average molecular weight is 299 g/mol. The number of nitrogen functional groups attached to an aromatic ring is 1. The number of fused-ring (bicyclic) bond motifs is 1. The minimum atomic E-state index is -3.67. The van der Waals surface area contributed by atoms with E-state index in [0.717, 1.165) is 10.8 Å². The quantitative estimate of drug-likeness (QED) is 0.778. The average Bonchev–Trinajstić information content (AvgIpc) is 2.47. The SMILES string of the molecule is Nc1ccc(S(=O)(=O)Nc2ccc3ccccc3c2)cn1. The number of pyridine rings is 1. The molecule has 1 heterocycles. The summed E-state index contributed by atoms with van der Waals surface area (Å²) >= 11 is 0. The summed E-state index contributed by atoms with van der Waals surface area (Å²) in [6, 6.07) is 16.0. The van der Waals surface area contributed by atoms with Gasteiger partial charge in [0.1, 0.15) is 10.7 Å². The summed E-state index contributed by atoms with van der Waals surface area (Å²) in [5.41, 5.74) is 5.96. The van der Waals surface area contributed by atoms with Gasteiger partial charge in [0.25, 0.3) is 10.0 Å². The van der Waals surface area contributed by atoms with Gasteiger partial charge >= 0.3 is 0 Å². The van der Waals surface area contributed by atoms with E-state index in [2.05, 4.69) is 9.71 Å². The summed E-state index contributed by atoms with van der Waals surface area (Å²) in [7, 11) is -3.67. The van der Waals surface area contributed by atoms with Crippen LogP contribution in [0.3, 0.4) is 0 Å². The van der Waals surface area contributed by atoms with E-state index in [1.54, 1.807) is 12.1 Å². The summed E-state index contributed by atoms with van der Waals surface area (Å²) < 4.78 is 27.1. The van der Waals surface area contributed by atoms with E-state index in [0.29, 0.717) is 5.69 Å². The summed E-state index contributed by atoms with van der Waals surface area (Å²) in [6.07, 6.45) is 1.23. The van der Waals surface area contributed by atoms with Gasteiger partial charge in [0, 0.05) is 11.9 Å². The third-order valence-electron chi connectivity index (χ3n) is 3.07. The van der Waals surface area contributed by atoms with Crippen molar-refractivity contribution in [3.8, 4) is 0 Å². The molecule has 3 N–H and O–H groups in total. The Hall–Kier alpha value is -2.60. The van der Waals surface area contributed by atoms with E-state index in [1.807, 2.05) is 30.3 Å². The molecule has 106 valence electrons. The van der Waals surface area contributed by atoms with Crippen LogP contribution >= 0.6 is 0 Å². The Labute approximate surface area is 122 Å². The Bertz CT molecular complexity index is 890. The number of aromatic nitrogens is 1. The molecular formula is C15H13N3O2S. The first-order valence-electron chi connectivity index (χ1n) is 6.28. The molecule has 0 atom stereocenters. The van der Waals surface area contributed by atoms with Crippen LogP contribution in [0, 0.1) is 0 Å². The summed E-state index contributed by atoms with van der Waals surface area (Å²) in [4.78, 5) is 3.87. The molecule has 1 aromatic heterocycles. The highest BCUT2D eigenvalue weighted by Crippen LogP contribution is 2.21. The maximum absolute atomic E-state index is 12.3. The maximum Gasteiger partial charge on any atom is 0.263 e. The molecule has 5 nitrogen and oxygen atoms in total. The van der Waals surface area contributed by atoms with Crippen molar-refractivity contribution in [1.82, 2.24) is 4.98 Å². The van der Waals surface area contributed by atoms with Gasteiger partial charge in [-0.25, -0.2) is 13.4 Å². The standard InChI is InChI=1S/C15H13N3O2S/c16-15-8-7-14(10-17-15)21(19,20)18-13-6-5-11-3-1-2-4-12(11)9-13/h1-10,18H,(H2,16,17). The molecule has 0 aliphatic heterocycles. The van der Waals surface area contributed by atoms with Gasteiger partial charge in [0.15, 0.2) is 0 Å². The molecule has 6 heteroatoms. The summed E-state index contributed by atoms with van der Waals surface area (Å²) in [5.74, 6) is 0.277. The van der Waals surface area contributed by atoms with Crippen LogP contribution in [0.15, 0.2) is 65.7 Å². The van der Waals surface area contributed by atoms with Crippen LogP contribution in [0.2, 0.25) is 0 Å². The van der Waals surface area contributed by atoms with Crippen LogP contribution in [0.1, 0.15) is 0 Å². The monoisotopic (exact) mass is 299 g/mol. The Morgan fingerprint density at radius 3 is 2.43 bits per heavy atom. The number of anilines is 2. The molecule has 21 heavy (non-hydrogen) atoms. The normalized spacial score (nSPS) is 11.4. The van der Waals surface area contributed by atoms with Crippen LogP contribution in [0.25, 0.3) is 10.8 Å². The van der Waals surface area contributed by atoms with Crippen LogP contribution in [-0.4, -0.2) is 13.4 Å². The lowest BCUT2D eigenvalue weighted by Gasteiger charge is -2.09. The lowest BCUT2D eigenvalue weighted by molar-refractivity contribution is 0.601. The molecule has 3 rings (SSSR count). The Kier molecular flexibility index (Phi) is 3.23. The zero-order valence-corrected chi connectivity index (χ0v) is 11.8. The first-order valence-corrected chi connectivity index (χ1v) is 7.76. The van der Waals surface area contributed by atoms with Crippen molar-refractivity contribution >= 4 is 32.3 Å². The molecule has 3 aromatic rings. The van der Waals surface area contributed by atoms with Gasteiger partial charge in [-0.1, -0.05) is 30.3 Å². The van der Waals surface area contributed by atoms with Gasteiger partial charge in [-0.15, -0.1) is 0 Å². The van der Waals surface area contributed by atoms with Crippen molar-refractivity contribution in [2.75, 3.05) is 10.5 Å². The Balaban J connectivity index is 1.95. The number of nitrogens with zero attached hydrogens (tertiary/aromatic N) is 1. The maximum atomic E-state index is 12.3. The second kappa shape index (κ2) is 5.06. The number of benzene rings is 2. The van der Waals surface area contributed by atoms with E-state index in [4.69, 9.17) is 5.73 Å². The predicted molar refractivity (Wildman–Crippen MR) is 83.4 cm³/mol. The van der Waals surface area contributed by atoms with Gasteiger partial charge in [-0.2, -0.15) is 0 Å². The lowest BCUT2D eigenvalue weighted by atomic mass is 10.1. The van der Waals surface area contributed by atoms with Gasteiger partial charge in [-0.05, 0) is 35.0 Å². The van der Waals surface area contributed by atoms with Crippen molar-refractivity contribution in [2.45, 2.75) is 4.90 Å². The van der Waals surface area contributed by atoms with Crippen molar-refractivity contribution in [2.24, 2.45) is 0 Å². The van der Waals surface area contributed by atoms with Crippen LogP contribution in [0.5, 0.6) is 0 Å². The number of nitrogens with two attached hydrogens (primary N) is 1. The highest BCUT2D eigenvalue weighted by molar-refractivity contribution is 7.92. The fourth-order valence-electron chi connectivity index (χ4n) is 2.02. The third-order valence-corrected chi connectivity index (χ3v) is 4.44. The topological polar surface area (TPSA) is 85.1 Å². The van der Waals surface area contributed by atoms with Crippen molar-refractivity contribution in [3.05, 3.63) is 60.8 Å². The number of sulfonamides is 1. The highest BCUT2D eigenvalue weighted by Gasteiger charge is 2.14. The zero-order chi connectivity index (χ0) is 14.9. The van der Waals surface area contributed by atoms with E-state index in [1.165, 1.54) is 18.3 Å². The zero-order valence-electron chi connectivity index (χ0n) is 11.0. The van der Waals surface area contributed by atoms with Gasteiger partial charge in [0.05, 0.1) is 0 Å². The van der Waals surface area contributed by atoms with Gasteiger partial charge in [-0.3, -0.25) is 4.72 Å². The first-order chi connectivity index (χ1) is 10.0. The van der Waals surface area contributed by atoms with Crippen LogP contribution in [-0.2, 0) is 10.0 Å². The van der Waals surface area contributed by atoms with Crippen molar-refractivity contribution in [1.29, 1.82) is 0 Å². The smallest absolute Gasteiger partial charge is 0.263 e. The fourth-order valence-corrected chi connectivity index (χ4v) is 3.01. The molecule has 0 saturated carbocycles. The van der Waals surface area contributed by atoms with Crippen molar-refractivity contribution in [3.63, 3.8) is 0 Å². The number of nitrogens with one attached hydrogen (secondary N) is 1. The van der Waals surface area contributed by atoms with E-state index in [9.17, 15) is 8.42 Å². The molecule has 0 aliphatic carbocycles. The second-order valence-electron chi connectivity index (χ2n) is 4.59. The molecule has 0 aliphatic rings. The third kappa shape index (κ3) is 2.80. The highest BCUT2D eigenvalue weighted by atomic mass is 32.2. The summed E-state index contributed by atoms with van der Waals surface area (Å²) in [6.45, 7) is 0. The number of hydrogen-bond donors (Lipinski definition) is 2. The molecule has 0 spiro atoms. The lowest BCUT2D eigenvalue weighted by Crippen LogP contribution is -2.13. The summed E-state index contributed by atoms with van der Waals surface area (Å²) in [5, 5.41) is 2.02. The molecule has 0 saturated heterocycles. The molecule has 0 fully saturated rings. The fraction of sp³-hybridized carbons (Fsp3) is 0. The number of hydrogen-bond acceptors (Lipinski definition) is 4. The number of rotatable bonds is 3. The predicted octanol–water partition coefficient (Wildman–Crippen LogP) is 2.62. The van der Waals surface area contributed by atoms with E-state index in [-0.39, 0.29) is 10.7 Å². The molecule has 2 aromatic carbocycles.